The molecule has 0 fully saturated rings. The molecule has 0 spiro atoms. The fraction of sp³-hybridized carbons (Fsp3) is 0.143. The number of carbonyl (C=O) groups excluding carboxylic acids is 1. The second-order valence-electron chi connectivity index (χ2n) is 4.33. The van der Waals surface area contributed by atoms with Gasteiger partial charge in [-0.3, -0.25) is 14.9 Å². The SMILES string of the molecule is O=C(CSc1n[nH]c(-c2ccccn2)n1)NCc1cccs1. The van der Waals surface area contributed by atoms with Crippen LogP contribution in [0.3, 0.4) is 0 Å². The van der Waals surface area contributed by atoms with Crippen LogP contribution in [-0.4, -0.2) is 31.8 Å². The smallest absolute Gasteiger partial charge is 0.230 e. The van der Waals surface area contributed by atoms with Crippen LogP contribution in [0.2, 0.25) is 0 Å². The number of hydrogen-bond acceptors (Lipinski definition) is 6. The normalized spacial score (nSPS) is 10.5. The van der Waals surface area contributed by atoms with E-state index >= 15 is 0 Å². The maximum absolute atomic E-state index is 11.8. The lowest BCUT2D eigenvalue weighted by molar-refractivity contribution is -0.118. The predicted molar refractivity (Wildman–Crippen MR) is 86.5 cm³/mol. The number of rotatable bonds is 6. The van der Waals surface area contributed by atoms with Crippen LogP contribution in [0, 0.1) is 0 Å². The minimum atomic E-state index is -0.0393. The van der Waals surface area contributed by atoms with Crippen LogP contribution in [-0.2, 0) is 11.3 Å². The first-order valence-corrected chi connectivity index (χ1v) is 8.43. The molecule has 2 N–H and O–H groups in total. The van der Waals surface area contributed by atoms with Crippen LogP contribution in [0.4, 0.5) is 0 Å². The predicted octanol–water partition coefficient (Wildman–Crippen LogP) is 2.34. The van der Waals surface area contributed by atoms with Crippen LogP contribution >= 0.6 is 23.1 Å². The number of carbonyl (C=O) groups is 1. The molecule has 0 bridgehead atoms. The fourth-order valence-electron chi connectivity index (χ4n) is 1.71. The summed E-state index contributed by atoms with van der Waals surface area (Å²) in [6, 6.07) is 9.53. The molecule has 0 saturated carbocycles. The molecule has 0 saturated heterocycles. The fourth-order valence-corrected chi connectivity index (χ4v) is 2.98. The van der Waals surface area contributed by atoms with E-state index in [2.05, 4.69) is 25.5 Å². The molecule has 3 aromatic heterocycles. The number of hydrogen-bond donors (Lipinski definition) is 2. The Labute approximate surface area is 135 Å². The molecule has 3 rings (SSSR count). The number of thiophene rings is 1. The molecule has 3 aromatic rings. The van der Waals surface area contributed by atoms with Gasteiger partial charge in [0.1, 0.15) is 5.69 Å². The van der Waals surface area contributed by atoms with E-state index < -0.39 is 0 Å². The molecule has 0 aliphatic heterocycles. The van der Waals surface area contributed by atoms with Gasteiger partial charge in [-0.2, -0.15) is 4.98 Å². The molecule has 112 valence electrons. The highest BCUT2D eigenvalue weighted by molar-refractivity contribution is 7.99. The third-order valence-corrected chi connectivity index (χ3v) is 4.47. The minimum Gasteiger partial charge on any atom is -0.350 e. The Balaban J connectivity index is 1.49. The molecular weight excluding hydrogens is 318 g/mol. The van der Waals surface area contributed by atoms with Crippen molar-refractivity contribution >= 4 is 29.0 Å². The Morgan fingerprint density at radius 3 is 3.05 bits per heavy atom. The first-order valence-electron chi connectivity index (χ1n) is 6.57. The van der Waals surface area contributed by atoms with E-state index in [1.54, 1.807) is 17.5 Å². The van der Waals surface area contributed by atoms with Gasteiger partial charge in [-0.25, -0.2) is 0 Å². The van der Waals surface area contributed by atoms with Crippen LogP contribution in [0.1, 0.15) is 4.88 Å². The molecule has 6 nitrogen and oxygen atoms in total. The molecule has 0 unspecified atom stereocenters. The average molecular weight is 331 g/mol. The van der Waals surface area contributed by atoms with Crippen molar-refractivity contribution in [3.8, 4) is 11.5 Å². The van der Waals surface area contributed by atoms with Crippen molar-refractivity contribution in [3.63, 3.8) is 0 Å². The molecule has 0 aliphatic rings. The molecule has 8 heteroatoms. The zero-order valence-electron chi connectivity index (χ0n) is 11.5. The van der Waals surface area contributed by atoms with E-state index in [4.69, 9.17) is 0 Å². The summed E-state index contributed by atoms with van der Waals surface area (Å²) in [5, 5.41) is 12.3. The largest absolute Gasteiger partial charge is 0.350 e. The van der Waals surface area contributed by atoms with Gasteiger partial charge in [-0.05, 0) is 23.6 Å². The summed E-state index contributed by atoms with van der Waals surface area (Å²) >= 11 is 2.91. The Morgan fingerprint density at radius 1 is 1.32 bits per heavy atom. The van der Waals surface area contributed by atoms with Crippen molar-refractivity contribution in [2.24, 2.45) is 0 Å². The Kier molecular flexibility index (Phi) is 4.81. The van der Waals surface area contributed by atoms with Gasteiger partial charge in [-0.15, -0.1) is 16.4 Å². The van der Waals surface area contributed by atoms with Crippen LogP contribution < -0.4 is 5.32 Å². The van der Waals surface area contributed by atoms with E-state index in [0.29, 0.717) is 17.5 Å². The number of aromatic nitrogens is 4. The number of nitrogens with zero attached hydrogens (tertiary/aromatic N) is 3. The van der Waals surface area contributed by atoms with Gasteiger partial charge in [0.15, 0.2) is 5.82 Å². The molecule has 0 aromatic carbocycles. The summed E-state index contributed by atoms with van der Waals surface area (Å²) < 4.78 is 0. The Hall–Kier alpha value is -2.19. The molecule has 0 radical (unpaired) electrons. The van der Waals surface area contributed by atoms with E-state index in [-0.39, 0.29) is 11.7 Å². The van der Waals surface area contributed by atoms with Gasteiger partial charge in [0, 0.05) is 11.1 Å². The summed E-state index contributed by atoms with van der Waals surface area (Å²) in [7, 11) is 0. The van der Waals surface area contributed by atoms with E-state index in [9.17, 15) is 4.79 Å². The summed E-state index contributed by atoms with van der Waals surface area (Å²) in [4.78, 5) is 21.4. The number of thioether (sulfide) groups is 1. The standard InChI is InChI=1S/C14H13N5OS2/c20-12(16-8-10-4-3-7-21-10)9-22-14-17-13(18-19-14)11-5-1-2-6-15-11/h1-7H,8-9H2,(H,16,20)(H,17,18,19). The third-order valence-electron chi connectivity index (χ3n) is 2.74. The van der Waals surface area contributed by atoms with Crippen molar-refractivity contribution in [2.45, 2.75) is 11.7 Å². The highest BCUT2D eigenvalue weighted by Crippen LogP contribution is 2.17. The van der Waals surface area contributed by atoms with Crippen molar-refractivity contribution in [3.05, 3.63) is 46.8 Å². The molecule has 0 atom stereocenters. The molecule has 1 amide bonds. The van der Waals surface area contributed by atoms with Gasteiger partial charge in [0.05, 0.1) is 12.3 Å². The maximum Gasteiger partial charge on any atom is 0.230 e. The highest BCUT2D eigenvalue weighted by Gasteiger charge is 2.09. The highest BCUT2D eigenvalue weighted by atomic mass is 32.2. The van der Waals surface area contributed by atoms with Crippen molar-refractivity contribution in [2.75, 3.05) is 5.75 Å². The monoisotopic (exact) mass is 331 g/mol. The van der Waals surface area contributed by atoms with Gasteiger partial charge in [0.2, 0.25) is 11.1 Å². The Morgan fingerprint density at radius 2 is 2.27 bits per heavy atom. The number of amides is 1. The second-order valence-corrected chi connectivity index (χ2v) is 6.30. The van der Waals surface area contributed by atoms with Crippen LogP contribution in [0.25, 0.3) is 11.5 Å². The zero-order chi connectivity index (χ0) is 15.2. The van der Waals surface area contributed by atoms with E-state index in [0.717, 1.165) is 10.6 Å². The minimum absolute atomic E-state index is 0.0393. The van der Waals surface area contributed by atoms with Crippen LogP contribution in [0.15, 0.2) is 47.1 Å². The quantitative estimate of drug-likeness (QED) is 0.677. The third kappa shape index (κ3) is 3.92. The number of aromatic amines is 1. The zero-order valence-corrected chi connectivity index (χ0v) is 13.2. The second kappa shape index (κ2) is 7.19. The summed E-state index contributed by atoms with van der Waals surface area (Å²) in [6.45, 7) is 0.560. The van der Waals surface area contributed by atoms with Crippen molar-refractivity contribution in [1.82, 2.24) is 25.5 Å². The molecule has 0 aliphatic carbocycles. The molecule has 3 heterocycles. The lowest BCUT2D eigenvalue weighted by Gasteiger charge is -2.01. The van der Waals surface area contributed by atoms with Gasteiger partial charge in [-0.1, -0.05) is 23.9 Å². The van der Waals surface area contributed by atoms with E-state index in [1.165, 1.54) is 11.8 Å². The molecular formula is C14H13N5OS2. The first kappa shape index (κ1) is 14.7. The number of H-pyrrole nitrogens is 1. The Bertz CT molecular complexity index is 727. The van der Waals surface area contributed by atoms with Gasteiger partial charge < -0.3 is 5.32 Å². The van der Waals surface area contributed by atoms with Gasteiger partial charge in [0.25, 0.3) is 0 Å². The average Bonchev–Trinajstić information content (AvgIpc) is 3.23. The van der Waals surface area contributed by atoms with Crippen LogP contribution in [0.5, 0.6) is 0 Å². The summed E-state index contributed by atoms with van der Waals surface area (Å²) in [6.07, 6.45) is 1.70. The summed E-state index contributed by atoms with van der Waals surface area (Å²) in [5.41, 5.74) is 0.726. The van der Waals surface area contributed by atoms with Crippen molar-refractivity contribution in [1.29, 1.82) is 0 Å². The number of nitrogens with one attached hydrogen (secondary N) is 2. The lowest BCUT2D eigenvalue weighted by atomic mass is 10.3. The van der Waals surface area contributed by atoms with Crippen molar-refractivity contribution < 1.29 is 4.79 Å². The number of pyridine rings is 1. The summed E-state index contributed by atoms with van der Waals surface area (Å²) in [5.74, 6) is 0.843. The first-order chi connectivity index (χ1) is 10.8. The van der Waals surface area contributed by atoms with E-state index in [1.807, 2.05) is 35.7 Å². The lowest BCUT2D eigenvalue weighted by Crippen LogP contribution is -2.24. The maximum atomic E-state index is 11.8. The topological polar surface area (TPSA) is 83.6 Å². The molecule has 22 heavy (non-hydrogen) atoms. The van der Waals surface area contributed by atoms with Gasteiger partial charge >= 0.3 is 0 Å².